The van der Waals surface area contributed by atoms with Gasteiger partial charge in [0.15, 0.2) is 0 Å². The van der Waals surface area contributed by atoms with E-state index >= 15 is 0 Å². The fraction of sp³-hybridized carbons (Fsp3) is 0.609. The first-order chi connectivity index (χ1) is 13.2. The number of hydrogen-bond acceptors (Lipinski definition) is 4. The summed E-state index contributed by atoms with van der Waals surface area (Å²) in [5.74, 6) is 0.992. The Hall–Kier alpha value is -1.81. The quantitative estimate of drug-likeness (QED) is 0.839. The molecule has 2 aromatic rings. The highest BCUT2D eigenvalue weighted by Crippen LogP contribution is 2.37. The van der Waals surface area contributed by atoms with Crippen LogP contribution >= 0.6 is 0 Å². The van der Waals surface area contributed by atoms with Gasteiger partial charge in [-0.3, -0.25) is 4.98 Å². The fourth-order valence-electron chi connectivity index (χ4n) is 4.72. The van der Waals surface area contributed by atoms with Crippen molar-refractivity contribution in [2.24, 2.45) is 0 Å². The Morgan fingerprint density at radius 2 is 1.93 bits per heavy atom. The Morgan fingerprint density at radius 3 is 2.63 bits per heavy atom. The van der Waals surface area contributed by atoms with Gasteiger partial charge in [0.1, 0.15) is 5.75 Å². The molecule has 0 unspecified atom stereocenters. The molecule has 2 heterocycles. The van der Waals surface area contributed by atoms with Crippen LogP contribution in [0.4, 0.5) is 5.69 Å². The molecule has 1 aromatic heterocycles. The molecule has 0 bridgehead atoms. The van der Waals surface area contributed by atoms with E-state index in [1.807, 2.05) is 0 Å². The van der Waals surface area contributed by atoms with Gasteiger partial charge in [-0.15, -0.1) is 0 Å². The first-order valence-corrected chi connectivity index (χ1v) is 10.7. The summed E-state index contributed by atoms with van der Waals surface area (Å²) in [6.45, 7) is 8.00. The molecule has 1 N–H and O–H groups in total. The van der Waals surface area contributed by atoms with E-state index in [0.29, 0.717) is 6.04 Å². The molecule has 146 valence electrons. The van der Waals surface area contributed by atoms with Crippen LogP contribution in [0.1, 0.15) is 56.4 Å². The minimum atomic E-state index is 0.557. The van der Waals surface area contributed by atoms with Crippen LogP contribution in [-0.4, -0.2) is 42.7 Å². The van der Waals surface area contributed by atoms with Crippen LogP contribution in [0.2, 0.25) is 0 Å². The van der Waals surface area contributed by atoms with Gasteiger partial charge in [0.05, 0.1) is 12.6 Å². The summed E-state index contributed by atoms with van der Waals surface area (Å²) in [6.07, 6.45) is 8.20. The molecule has 27 heavy (non-hydrogen) atoms. The summed E-state index contributed by atoms with van der Waals surface area (Å²) in [5, 5.41) is 5.20. The molecule has 0 amide bonds. The molecule has 0 radical (unpaired) electrons. The van der Waals surface area contributed by atoms with E-state index in [1.165, 1.54) is 66.7 Å². The van der Waals surface area contributed by atoms with Crippen LogP contribution in [0.25, 0.3) is 10.9 Å². The number of ether oxygens (including phenoxy) is 1. The standard InChI is InChI=1S/C23H33N3O/c1-4-16-14-21-19(15-22(16)27-3)23(18-8-6-7-9-20(18)25-21)24-17-10-12-26(5-2)13-11-17/h14-15,17H,4-13H2,1-3H3,(H,24,25). The number of nitrogens with zero attached hydrogens (tertiary/aromatic N) is 2. The van der Waals surface area contributed by atoms with Crippen molar-refractivity contribution >= 4 is 16.6 Å². The number of pyridine rings is 1. The lowest BCUT2D eigenvalue weighted by atomic mass is 9.91. The van der Waals surface area contributed by atoms with Crippen molar-refractivity contribution in [1.29, 1.82) is 0 Å². The van der Waals surface area contributed by atoms with Gasteiger partial charge in [0.2, 0.25) is 0 Å². The number of likely N-dealkylation sites (tertiary alicyclic amines) is 1. The Kier molecular flexibility index (Phi) is 5.53. The normalized spacial score (nSPS) is 18.5. The van der Waals surface area contributed by atoms with Gasteiger partial charge in [0.25, 0.3) is 0 Å². The van der Waals surface area contributed by atoms with Crippen LogP contribution in [0.5, 0.6) is 5.75 Å². The first kappa shape index (κ1) is 18.5. The van der Waals surface area contributed by atoms with Gasteiger partial charge < -0.3 is 15.0 Å². The molecule has 0 saturated carbocycles. The Labute approximate surface area is 163 Å². The lowest BCUT2D eigenvalue weighted by Gasteiger charge is -2.33. The number of piperidine rings is 1. The number of anilines is 1. The number of nitrogens with one attached hydrogen (secondary N) is 1. The molecule has 1 aromatic carbocycles. The van der Waals surface area contributed by atoms with E-state index in [-0.39, 0.29) is 0 Å². The lowest BCUT2D eigenvalue weighted by molar-refractivity contribution is 0.229. The smallest absolute Gasteiger partial charge is 0.122 e. The van der Waals surface area contributed by atoms with E-state index in [2.05, 4.69) is 36.2 Å². The number of rotatable bonds is 5. The third kappa shape index (κ3) is 3.64. The fourth-order valence-corrected chi connectivity index (χ4v) is 4.72. The Bertz CT molecular complexity index is 804. The highest BCUT2D eigenvalue weighted by molar-refractivity contribution is 5.95. The Morgan fingerprint density at radius 1 is 1.15 bits per heavy atom. The topological polar surface area (TPSA) is 37.4 Å². The molecule has 1 fully saturated rings. The van der Waals surface area contributed by atoms with E-state index in [1.54, 1.807) is 7.11 Å². The van der Waals surface area contributed by atoms with Gasteiger partial charge in [-0.05, 0) is 74.8 Å². The predicted octanol–water partition coefficient (Wildman–Crippen LogP) is 4.58. The van der Waals surface area contributed by atoms with Gasteiger partial charge in [-0.1, -0.05) is 13.8 Å². The summed E-state index contributed by atoms with van der Waals surface area (Å²) >= 11 is 0. The van der Waals surface area contributed by atoms with Crippen LogP contribution < -0.4 is 10.1 Å². The number of methoxy groups -OCH3 is 1. The van der Waals surface area contributed by atoms with Crippen molar-refractivity contribution in [3.8, 4) is 5.75 Å². The summed E-state index contributed by atoms with van der Waals surface area (Å²) in [4.78, 5) is 7.63. The monoisotopic (exact) mass is 367 g/mol. The van der Waals surface area contributed by atoms with Crippen molar-refractivity contribution in [3.63, 3.8) is 0 Å². The summed E-state index contributed by atoms with van der Waals surface area (Å²) in [5.41, 5.74) is 6.48. The van der Waals surface area contributed by atoms with Gasteiger partial charge in [-0.25, -0.2) is 0 Å². The second-order valence-electron chi connectivity index (χ2n) is 8.01. The lowest BCUT2D eigenvalue weighted by Crippen LogP contribution is -2.39. The average Bonchev–Trinajstić information content (AvgIpc) is 2.73. The minimum absolute atomic E-state index is 0.557. The number of aromatic nitrogens is 1. The number of fused-ring (bicyclic) bond motifs is 2. The second-order valence-corrected chi connectivity index (χ2v) is 8.01. The van der Waals surface area contributed by atoms with Crippen molar-refractivity contribution in [2.75, 3.05) is 32.1 Å². The molecule has 1 aliphatic heterocycles. The van der Waals surface area contributed by atoms with Gasteiger partial charge >= 0.3 is 0 Å². The van der Waals surface area contributed by atoms with E-state index in [0.717, 1.165) is 37.1 Å². The molecule has 0 atom stereocenters. The SMILES string of the molecule is CCc1cc2nc3c(c(NC4CCN(CC)CC4)c2cc1OC)CCCC3. The average molecular weight is 368 g/mol. The maximum Gasteiger partial charge on any atom is 0.122 e. The predicted molar refractivity (Wildman–Crippen MR) is 113 cm³/mol. The minimum Gasteiger partial charge on any atom is -0.496 e. The zero-order chi connectivity index (χ0) is 18.8. The van der Waals surface area contributed by atoms with Crippen LogP contribution in [0.15, 0.2) is 12.1 Å². The molecule has 1 saturated heterocycles. The van der Waals surface area contributed by atoms with Gasteiger partial charge in [0, 0.05) is 35.9 Å². The largest absolute Gasteiger partial charge is 0.496 e. The number of aryl methyl sites for hydroxylation is 2. The second kappa shape index (κ2) is 8.05. The third-order valence-electron chi connectivity index (χ3n) is 6.43. The molecular weight excluding hydrogens is 334 g/mol. The van der Waals surface area contributed by atoms with Crippen LogP contribution in [-0.2, 0) is 19.3 Å². The highest BCUT2D eigenvalue weighted by Gasteiger charge is 2.23. The van der Waals surface area contributed by atoms with Crippen molar-refractivity contribution in [3.05, 3.63) is 29.0 Å². The molecule has 4 rings (SSSR count). The molecule has 2 aliphatic rings. The molecule has 4 heteroatoms. The first-order valence-electron chi connectivity index (χ1n) is 10.7. The van der Waals surface area contributed by atoms with Crippen LogP contribution in [0, 0.1) is 0 Å². The Balaban J connectivity index is 1.76. The zero-order valence-corrected chi connectivity index (χ0v) is 17.1. The number of hydrogen-bond donors (Lipinski definition) is 1. The summed E-state index contributed by atoms with van der Waals surface area (Å²) in [7, 11) is 1.78. The maximum absolute atomic E-state index is 5.70. The van der Waals surface area contributed by atoms with Crippen molar-refractivity contribution in [1.82, 2.24) is 9.88 Å². The summed E-state index contributed by atoms with van der Waals surface area (Å²) < 4.78 is 5.70. The van der Waals surface area contributed by atoms with Crippen LogP contribution in [0.3, 0.4) is 0 Å². The third-order valence-corrected chi connectivity index (χ3v) is 6.43. The maximum atomic E-state index is 5.70. The molecular formula is C23H33N3O. The molecule has 1 aliphatic carbocycles. The van der Waals surface area contributed by atoms with E-state index in [4.69, 9.17) is 9.72 Å². The molecule has 4 nitrogen and oxygen atoms in total. The van der Waals surface area contributed by atoms with E-state index in [9.17, 15) is 0 Å². The zero-order valence-electron chi connectivity index (χ0n) is 17.1. The van der Waals surface area contributed by atoms with E-state index < -0.39 is 0 Å². The number of benzene rings is 1. The van der Waals surface area contributed by atoms with Crippen molar-refractivity contribution < 1.29 is 4.74 Å². The van der Waals surface area contributed by atoms with Crippen molar-refractivity contribution in [2.45, 2.75) is 64.8 Å². The molecule has 0 spiro atoms. The van der Waals surface area contributed by atoms with Gasteiger partial charge in [-0.2, -0.15) is 0 Å². The summed E-state index contributed by atoms with van der Waals surface area (Å²) in [6, 6.07) is 5.02. The highest BCUT2D eigenvalue weighted by atomic mass is 16.5.